The highest BCUT2D eigenvalue weighted by Crippen LogP contribution is 2.41. The first-order chi connectivity index (χ1) is 20.5. The lowest BCUT2D eigenvalue weighted by Crippen LogP contribution is -2.61. The molecule has 3 rings (SSSR count). The number of rotatable bonds is 13. The van der Waals surface area contributed by atoms with Crippen LogP contribution in [0.3, 0.4) is 0 Å². The largest absolute Gasteiger partial charge is 0.390 e. The number of amides is 3. The number of carbonyl (C=O) groups is 3. The minimum absolute atomic E-state index is 0.0211. The van der Waals surface area contributed by atoms with Crippen LogP contribution in [0.2, 0.25) is 0 Å². The maximum absolute atomic E-state index is 14.3. The minimum atomic E-state index is -4.38. The van der Waals surface area contributed by atoms with E-state index in [1.165, 1.54) is 4.90 Å². The third-order valence-electron chi connectivity index (χ3n) is 8.35. The first kappa shape index (κ1) is 36.3. The Kier molecular flexibility index (Phi) is 12.7. The lowest BCUT2D eigenvalue weighted by Gasteiger charge is -2.40. The Labute approximate surface area is 263 Å². The van der Waals surface area contributed by atoms with E-state index >= 15 is 0 Å². The normalized spacial score (nSPS) is 27.8. The fourth-order valence-corrected chi connectivity index (χ4v) is 6.39. The molecule has 0 aromatic rings. The van der Waals surface area contributed by atoms with Crippen molar-refractivity contribution in [2.75, 3.05) is 33.4 Å². The van der Waals surface area contributed by atoms with E-state index in [2.05, 4.69) is 14.8 Å². The highest BCUT2D eigenvalue weighted by atomic mass is 35.5. The van der Waals surface area contributed by atoms with Crippen LogP contribution < -0.4 is 16.4 Å². The van der Waals surface area contributed by atoms with E-state index in [4.69, 9.17) is 41.1 Å². The molecule has 1 saturated carbocycles. The highest BCUT2D eigenvalue weighted by Gasteiger charge is 2.53. The van der Waals surface area contributed by atoms with Crippen molar-refractivity contribution in [1.29, 1.82) is 5.41 Å². The van der Waals surface area contributed by atoms with E-state index in [0.717, 1.165) is 12.7 Å². The molecule has 2 heterocycles. The number of carbonyl (C=O) groups excluding carboxylic acids is 3. The lowest BCUT2D eigenvalue weighted by atomic mass is 9.81. The summed E-state index contributed by atoms with van der Waals surface area (Å²) >= 11 is 2.29. The summed E-state index contributed by atoms with van der Waals surface area (Å²) in [6.45, 7) is 3.99. The van der Waals surface area contributed by atoms with Gasteiger partial charge in [0.1, 0.15) is 18.7 Å². The first-order valence-corrected chi connectivity index (χ1v) is 16.3. The Hall–Kier alpha value is -2.22. The number of hydrogen-bond acceptors (Lipinski definition) is 11. The van der Waals surface area contributed by atoms with Gasteiger partial charge in [0.05, 0.1) is 17.6 Å². The average molecular weight is 669 g/mol. The number of aliphatic hydroxyl groups is 2. The monoisotopic (exact) mass is 668 g/mol. The number of aliphatic hydroxyl groups excluding tert-OH is 2. The second-order valence-electron chi connectivity index (χ2n) is 11.8. The molecule has 1 aliphatic carbocycles. The molecule has 8 atom stereocenters. The number of hydrogen-bond donors (Lipinski definition) is 9. The van der Waals surface area contributed by atoms with Crippen molar-refractivity contribution in [2.24, 2.45) is 17.6 Å². The molecule has 2 fully saturated rings. The van der Waals surface area contributed by atoms with Gasteiger partial charge in [-0.05, 0) is 37.5 Å². The van der Waals surface area contributed by atoms with Crippen LogP contribution in [0.4, 0.5) is 0 Å². The van der Waals surface area contributed by atoms with E-state index in [1.807, 2.05) is 6.08 Å². The fraction of sp³-hybridized carbons (Fsp3) is 0.769. The lowest BCUT2D eigenvalue weighted by molar-refractivity contribution is -0.147. The summed E-state index contributed by atoms with van der Waals surface area (Å²) < 4.78 is 36.9. The summed E-state index contributed by atoms with van der Waals surface area (Å²) in [5.74, 6) is -2.65. The van der Waals surface area contributed by atoms with Crippen molar-refractivity contribution in [3.8, 4) is 0 Å². The summed E-state index contributed by atoms with van der Waals surface area (Å²) in [5.41, 5.74) is 6.55. The van der Waals surface area contributed by atoms with E-state index in [-0.39, 0.29) is 43.6 Å². The highest BCUT2D eigenvalue weighted by molar-refractivity contribution is 8.15. The molecular formula is C26H45ClN6O10S. The smallest absolute Gasteiger partial charge is 0.252 e. The zero-order chi connectivity index (χ0) is 32.9. The molecule has 10 N–H and O–H groups in total. The van der Waals surface area contributed by atoms with Gasteiger partial charge in [0.2, 0.25) is 23.0 Å². The Morgan fingerprint density at radius 2 is 1.84 bits per heavy atom. The van der Waals surface area contributed by atoms with Crippen molar-refractivity contribution < 1.29 is 47.2 Å². The molecule has 2 aliphatic heterocycles. The van der Waals surface area contributed by atoms with Gasteiger partial charge >= 0.3 is 0 Å². The molecule has 0 bridgehead atoms. The zero-order valence-corrected chi connectivity index (χ0v) is 26.5. The number of likely N-dealkylation sites (tertiary alicyclic amines) is 1. The molecule has 3 amide bonds. The molecule has 1 saturated heterocycles. The van der Waals surface area contributed by atoms with Gasteiger partial charge in [0.25, 0.3) is 5.91 Å². The fourth-order valence-electron chi connectivity index (χ4n) is 5.91. The van der Waals surface area contributed by atoms with Crippen molar-refractivity contribution in [1.82, 2.24) is 20.4 Å². The van der Waals surface area contributed by atoms with Crippen molar-refractivity contribution in [2.45, 2.75) is 81.3 Å². The molecule has 3 aliphatic rings. The molecular weight excluding hydrogens is 624 g/mol. The van der Waals surface area contributed by atoms with E-state index < -0.39 is 77.3 Å². The summed E-state index contributed by atoms with van der Waals surface area (Å²) in [6.07, 6.45) is -0.715. The molecule has 44 heavy (non-hydrogen) atoms. The zero-order valence-electron chi connectivity index (χ0n) is 25.0. The second kappa shape index (κ2) is 15.4. The standard InChI is InChI=1S/C26H45ClN6O10S/c1-13(2)21(27)22(31-24(37)20(42-3)12-43-44(39,40)41)25(38)33-16-10-19(35)18(34)9-15(16)8-17(33)23(36)30-6-4-14-5-7-32(11-14)26(28)29/h5,13,15-22,34-35,39-41H,4,6-12H2,1-3H3,(H3,28,29)(H,30,36)(H,31,37). The van der Waals surface area contributed by atoms with Gasteiger partial charge in [-0.1, -0.05) is 25.5 Å². The Morgan fingerprint density at radius 1 is 1.18 bits per heavy atom. The first-order valence-electron chi connectivity index (χ1n) is 14.4. The predicted molar refractivity (Wildman–Crippen MR) is 162 cm³/mol. The number of guanidine groups is 1. The van der Waals surface area contributed by atoms with Crippen LogP contribution in [0.15, 0.2) is 11.6 Å². The maximum atomic E-state index is 14.3. The van der Waals surface area contributed by atoms with E-state index in [1.54, 1.807) is 18.7 Å². The molecule has 0 aromatic carbocycles. The topological polar surface area (TPSA) is 251 Å². The molecule has 0 spiro atoms. The number of nitrogens with one attached hydrogen (secondary N) is 3. The number of fused-ring (bicyclic) bond motifs is 1. The van der Waals surface area contributed by atoms with Gasteiger partial charge in [-0.2, -0.15) is 0 Å². The maximum Gasteiger partial charge on any atom is 0.252 e. The Balaban J connectivity index is 1.81. The molecule has 0 aromatic heterocycles. The van der Waals surface area contributed by atoms with Crippen LogP contribution >= 0.6 is 22.8 Å². The van der Waals surface area contributed by atoms with E-state index in [9.17, 15) is 24.6 Å². The van der Waals surface area contributed by atoms with Crippen LogP contribution in [0.25, 0.3) is 0 Å². The summed E-state index contributed by atoms with van der Waals surface area (Å²) in [7, 11) is 1.15. The molecule has 16 nitrogen and oxygen atoms in total. The average Bonchev–Trinajstić information content (AvgIpc) is 3.56. The van der Waals surface area contributed by atoms with Crippen LogP contribution in [0.1, 0.15) is 39.5 Å². The Bertz CT molecular complexity index is 1090. The van der Waals surface area contributed by atoms with Crippen LogP contribution in [-0.4, -0.2) is 133 Å². The number of nitrogens with zero attached hydrogens (tertiary/aromatic N) is 2. The number of nitrogens with two attached hydrogens (primary N) is 1. The van der Waals surface area contributed by atoms with Crippen molar-refractivity contribution in [3.63, 3.8) is 0 Å². The number of alkyl halides is 1. The Morgan fingerprint density at radius 3 is 2.41 bits per heavy atom. The number of methoxy groups -OCH3 is 1. The molecule has 252 valence electrons. The van der Waals surface area contributed by atoms with Gasteiger partial charge < -0.3 is 41.1 Å². The quantitative estimate of drug-likeness (QED) is 0.0528. The predicted octanol–water partition coefficient (Wildman–Crippen LogP) is -0.352. The van der Waals surface area contributed by atoms with Crippen LogP contribution in [-0.2, 0) is 23.3 Å². The molecule has 8 unspecified atom stereocenters. The van der Waals surface area contributed by atoms with Gasteiger partial charge in [-0.25, -0.2) is 0 Å². The van der Waals surface area contributed by atoms with Crippen LogP contribution in [0, 0.1) is 17.2 Å². The summed E-state index contributed by atoms with van der Waals surface area (Å²) in [6, 6.07) is -2.95. The van der Waals surface area contributed by atoms with Gasteiger partial charge in [0.15, 0.2) is 12.1 Å². The number of halogens is 1. The van der Waals surface area contributed by atoms with Gasteiger partial charge in [-0.15, -0.1) is 11.6 Å². The second-order valence-corrected chi connectivity index (χ2v) is 13.4. The van der Waals surface area contributed by atoms with Crippen molar-refractivity contribution in [3.05, 3.63) is 11.6 Å². The number of ether oxygens (including phenoxy) is 1. The van der Waals surface area contributed by atoms with Crippen LogP contribution in [0.5, 0.6) is 0 Å². The SMILES string of the molecule is COC(COS(O)(O)O)C(=O)NC(C(=O)N1C(C(=O)NCCC2=CCN(C(=N)N)C2)CC2CC(O)C(O)CC21)C(Cl)C(C)C. The van der Waals surface area contributed by atoms with E-state index in [0.29, 0.717) is 19.5 Å². The third-order valence-corrected chi connectivity index (χ3v) is 9.55. The molecule has 18 heteroatoms. The summed E-state index contributed by atoms with van der Waals surface area (Å²) in [4.78, 5) is 44.0. The van der Waals surface area contributed by atoms with Gasteiger partial charge in [0, 0.05) is 32.8 Å². The van der Waals surface area contributed by atoms with Gasteiger partial charge in [-0.3, -0.25) is 37.6 Å². The minimum Gasteiger partial charge on any atom is -0.390 e. The third kappa shape index (κ3) is 9.17. The summed E-state index contributed by atoms with van der Waals surface area (Å²) in [5, 5.41) is 32.9. The van der Waals surface area contributed by atoms with Crippen molar-refractivity contribution >= 4 is 46.4 Å². The molecule has 0 radical (unpaired) electrons.